The van der Waals surface area contributed by atoms with Gasteiger partial charge in [-0.3, -0.25) is 10.1 Å². The number of nitrogens with zero attached hydrogens (tertiary/aromatic N) is 1. The average molecular weight is 485 g/mol. The Balaban J connectivity index is 1.38. The Bertz CT molecular complexity index is 1180. The Hall–Kier alpha value is -3.53. The predicted octanol–water partition coefficient (Wildman–Crippen LogP) is 3.62. The van der Waals surface area contributed by atoms with Gasteiger partial charge in [-0.15, -0.1) is 0 Å². The standard InChI is InChI=1S/C24H25ClN4O5/c25-17-3-1-2-16(14-17)21(30)15-27-20-8-9-26-23(31)22(20)34-24(32)28-18-4-6-19(7-5-18)29-10-12-33-13-11-29/h1-9,14,21,30H,10-13,15H2,(H,28,32)(H2,26,27,31)/t21-/m1/s1. The summed E-state index contributed by atoms with van der Waals surface area (Å²) in [7, 11) is 0. The number of aliphatic hydroxyl groups excluding tert-OH is 1. The van der Waals surface area contributed by atoms with E-state index in [-0.39, 0.29) is 18.0 Å². The summed E-state index contributed by atoms with van der Waals surface area (Å²) in [6, 6.07) is 15.7. The van der Waals surface area contributed by atoms with Crippen LogP contribution in [-0.4, -0.2) is 49.0 Å². The molecule has 1 amide bonds. The zero-order chi connectivity index (χ0) is 23.9. The third-order valence-electron chi connectivity index (χ3n) is 5.32. The minimum atomic E-state index is -0.885. The van der Waals surface area contributed by atoms with Gasteiger partial charge in [-0.25, -0.2) is 4.79 Å². The third-order valence-corrected chi connectivity index (χ3v) is 5.55. The molecule has 4 rings (SSSR count). The number of aliphatic hydroxyl groups is 1. The summed E-state index contributed by atoms with van der Waals surface area (Å²) in [5.74, 6) is -0.205. The molecule has 10 heteroatoms. The van der Waals surface area contributed by atoms with Crippen molar-refractivity contribution in [2.24, 2.45) is 0 Å². The number of hydrogen-bond acceptors (Lipinski definition) is 7. The van der Waals surface area contributed by atoms with Gasteiger partial charge in [0.25, 0.3) is 5.56 Å². The van der Waals surface area contributed by atoms with E-state index in [9.17, 15) is 14.7 Å². The first-order chi connectivity index (χ1) is 16.5. The first-order valence-electron chi connectivity index (χ1n) is 10.8. The molecule has 178 valence electrons. The fraction of sp³-hybridized carbons (Fsp3) is 0.250. The van der Waals surface area contributed by atoms with Crippen LogP contribution < -0.4 is 25.8 Å². The second kappa shape index (κ2) is 11.1. The summed E-state index contributed by atoms with van der Waals surface area (Å²) >= 11 is 5.98. The monoisotopic (exact) mass is 484 g/mol. The predicted molar refractivity (Wildman–Crippen MR) is 131 cm³/mol. The van der Waals surface area contributed by atoms with Gasteiger partial charge in [0.2, 0.25) is 5.75 Å². The normalized spacial score (nSPS) is 14.4. The Morgan fingerprint density at radius 3 is 2.68 bits per heavy atom. The first kappa shape index (κ1) is 23.6. The summed E-state index contributed by atoms with van der Waals surface area (Å²) < 4.78 is 10.7. The maximum atomic E-state index is 12.5. The summed E-state index contributed by atoms with van der Waals surface area (Å²) in [4.78, 5) is 29.5. The summed E-state index contributed by atoms with van der Waals surface area (Å²) in [5.41, 5.74) is 1.86. The van der Waals surface area contributed by atoms with E-state index in [0.29, 0.717) is 29.5 Å². The van der Waals surface area contributed by atoms with E-state index in [1.807, 2.05) is 12.1 Å². The van der Waals surface area contributed by atoms with E-state index in [0.717, 1.165) is 18.8 Å². The van der Waals surface area contributed by atoms with Gasteiger partial charge < -0.3 is 29.8 Å². The van der Waals surface area contributed by atoms with Crippen molar-refractivity contribution in [1.82, 2.24) is 4.98 Å². The Morgan fingerprint density at radius 1 is 1.18 bits per heavy atom. The lowest BCUT2D eigenvalue weighted by Crippen LogP contribution is -2.36. The largest absolute Gasteiger partial charge is 0.417 e. The highest BCUT2D eigenvalue weighted by Gasteiger charge is 2.16. The van der Waals surface area contributed by atoms with E-state index in [1.165, 1.54) is 6.20 Å². The highest BCUT2D eigenvalue weighted by molar-refractivity contribution is 6.30. The number of H-pyrrole nitrogens is 1. The van der Waals surface area contributed by atoms with Crippen LogP contribution in [0.3, 0.4) is 0 Å². The van der Waals surface area contributed by atoms with Crippen molar-refractivity contribution >= 4 is 34.8 Å². The van der Waals surface area contributed by atoms with Gasteiger partial charge in [0.1, 0.15) is 0 Å². The van der Waals surface area contributed by atoms with E-state index >= 15 is 0 Å². The summed E-state index contributed by atoms with van der Waals surface area (Å²) in [6.07, 6.45) is -0.273. The fourth-order valence-electron chi connectivity index (χ4n) is 3.56. The smallest absolute Gasteiger partial charge is 0.402 e. The fourth-order valence-corrected chi connectivity index (χ4v) is 3.76. The van der Waals surface area contributed by atoms with Crippen LogP contribution in [0.25, 0.3) is 0 Å². The molecular weight excluding hydrogens is 460 g/mol. The van der Waals surface area contributed by atoms with Crippen LogP contribution in [0.5, 0.6) is 5.75 Å². The van der Waals surface area contributed by atoms with Gasteiger partial charge >= 0.3 is 6.09 Å². The number of carbonyl (C=O) groups excluding carboxylic acids is 1. The van der Waals surface area contributed by atoms with Crippen LogP contribution in [0, 0.1) is 0 Å². The molecule has 0 unspecified atom stereocenters. The van der Waals surface area contributed by atoms with Crippen LogP contribution >= 0.6 is 11.6 Å². The lowest BCUT2D eigenvalue weighted by atomic mass is 10.1. The maximum Gasteiger partial charge on any atom is 0.417 e. The Kier molecular flexibility index (Phi) is 7.69. The summed E-state index contributed by atoms with van der Waals surface area (Å²) in [5, 5.41) is 16.5. The first-order valence-corrected chi connectivity index (χ1v) is 11.2. The molecular formula is C24H25ClN4O5. The van der Waals surface area contributed by atoms with Gasteiger partial charge in [-0.05, 0) is 48.0 Å². The van der Waals surface area contributed by atoms with Gasteiger partial charge in [0.05, 0.1) is 25.0 Å². The van der Waals surface area contributed by atoms with Crippen LogP contribution in [0.4, 0.5) is 21.9 Å². The van der Waals surface area contributed by atoms with E-state index < -0.39 is 17.8 Å². The van der Waals surface area contributed by atoms with Crippen molar-refractivity contribution in [3.05, 3.63) is 81.7 Å². The molecule has 9 nitrogen and oxygen atoms in total. The van der Waals surface area contributed by atoms with Crippen molar-refractivity contribution < 1.29 is 19.4 Å². The Labute approximate surface area is 201 Å². The van der Waals surface area contributed by atoms with E-state index in [1.54, 1.807) is 42.5 Å². The number of aromatic nitrogens is 1. The number of rotatable bonds is 7. The average Bonchev–Trinajstić information content (AvgIpc) is 2.85. The lowest BCUT2D eigenvalue weighted by molar-refractivity contribution is 0.122. The number of benzene rings is 2. The lowest BCUT2D eigenvalue weighted by Gasteiger charge is -2.28. The molecule has 0 bridgehead atoms. The van der Waals surface area contributed by atoms with Crippen LogP contribution in [-0.2, 0) is 4.74 Å². The highest BCUT2D eigenvalue weighted by atomic mass is 35.5. The molecule has 2 heterocycles. The number of carbonyl (C=O) groups is 1. The van der Waals surface area contributed by atoms with Gasteiger partial charge in [0, 0.05) is 42.2 Å². The quantitative estimate of drug-likeness (QED) is 0.404. The number of nitrogens with one attached hydrogen (secondary N) is 3. The number of ether oxygens (including phenoxy) is 2. The second-order valence-electron chi connectivity index (χ2n) is 7.66. The van der Waals surface area contributed by atoms with Crippen molar-refractivity contribution in [2.75, 3.05) is 48.4 Å². The molecule has 0 spiro atoms. The minimum Gasteiger partial charge on any atom is -0.402 e. The number of morpholine rings is 1. The highest BCUT2D eigenvalue weighted by Crippen LogP contribution is 2.23. The van der Waals surface area contributed by atoms with Crippen LogP contribution in [0.1, 0.15) is 11.7 Å². The molecule has 0 aliphatic carbocycles. The number of amides is 1. The molecule has 3 aromatic rings. The van der Waals surface area contributed by atoms with Crippen LogP contribution in [0.15, 0.2) is 65.6 Å². The molecule has 1 aromatic heterocycles. The number of hydrogen-bond donors (Lipinski definition) is 4. The molecule has 4 N–H and O–H groups in total. The van der Waals surface area contributed by atoms with Crippen molar-refractivity contribution in [3.8, 4) is 5.75 Å². The molecule has 34 heavy (non-hydrogen) atoms. The number of pyridine rings is 1. The number of halogens is 1. The molecule has 1 aliphatic rings. The molecule has 2 aromatic carbocycles. The zero-order valence-electron chi connectivity index (χ0n) is 18.3. The maximum absolute atomic E-state index is 12.5. The SMILES string of the molecule is O=C(Nc1ccc(N2CCOCC2)cc1)Oc1c(NC[C@@H](O)c2cccc(Cl)c2)cc[nH]c1=O. The van der Waals surface area contributed by atoms with Crippen molar-refractivity contribution in [3.63, 3.8) is 0 Å². The summed E-state index contributed by atoms with van der Waals surface area (Å²) in [6.45, 7) is 3.07. The van der Waals surface area contributed by atoms with Gasteiger partial charge in [0.15, 0.2) is 0 Å². The minimum absolute atomic E-state index is 0.0742. The van der Waals surface area contributed by atoms with E-state index in [4.69, 9.17) is 21.1 Å². The third kappa shape index (κ3) is 6.07. The van der Waals surface area contributed by atoms with Crippen molar-refractivity contribution in [2.45, 2.75) is 6.10 Å². The van der Waals surface area contributed by atoms with Gasteiger partial charge in [-0.2, -0.15) is 0 Å². The van der Waals surface area contributed by atoms with E-state index in [2.05, 4.69) is 20.5 Å². The number of aromatic amines is 1. The van der Waals surface area contributed by atoms with Crippen LogP contribution in [0.2, 0.25) is 5.02 Å². The molecule has 0 saturated carbocycles. The molecule has 1 aliphatic heterocycles. The zero-order valence-corrected chi connectivity index (χ0v) is 19.0. The Morgan fingerprint density at radius 2 is 1.94 bits per heavy atom. The molecule has 1 saturated heterocycles. The van der Waals surface area contributed by atoms with Gasteiger partial charge in [-0.1, -0.05) is 23.7 Å². The van der Waals surface area contributed by atoms with Crippen molar-refractivity contribution in [1.29, 1.82) is 0 Å². The number of anilines is 3. The topological polar surface area (TPSA) is 116 Å². The second-order valence-corrected chi connectivity index (χ2v) is 8.10. The molecule has 1 atom stereocenters. The molecule has 1 fully saturated rings. The molecule has 0 radical (unpaired) electrons.